The van der Waals surface area contributed by atoms with Crippen LogP contribution in [0.5, 0.6) is 0 Å². The van der Waals surface area contributed by atoms with Crippen LogP contribution in [-0.4, -0.2) is 16.4 Å². The molecule has 1 aromatic rings. The Morgan fingerprint density at radius 2 is 2.11 bits per heavy atom. The number of hydrogen-bond donors (Lipinski definition) is 2. The Morgan fingerprint density at radius 3 is 2.56 bits per heavy atom. The van der Waals surface area contributed by atoms with Gasteiger partial charge in [0, 0.05) is 29.3 Å². The van der Waals surface area contributed by atoms with Crippen LogP contribution in [0.1, 0.15) is 25.8 Å². The average Bonchev–Trinajstić information content (AvgIpc) is 2.13. The van der Waals surface area contributed by atoms with Gasteiger partial charge in [-0.2, -0.15) is 0 Å². The van der Waals surface area contributed by atoms with Crippen LogP contribution in [0.3, 0.4) is 0 Å². The van der Waals surface area contributed by atoms with Crippen LogP contribution < -0.4 is 11.1 Å². The number of nitro benzene ring substituents is 1. The van der Waals surface area contributed by atoms with Crippen molar-refractivity contribution >= 4 is 17.3 Å². The summed E-state index contributed by atoms with van der Waals surface area (Å²) in [5.74, 6) is -0.397. The normalized spacial score (nSPS) is 11.1. The number of amides is 1. The molecule has 0 aromatic heterocycles. The zero-order chi connectivity index (χ0) is 13.9. The highest BCUT2D eigenvalue weighted by Crippen LogP contribution is 2.24. The van der Waals surface area contributed by atoms with Gasteiger partial charge in [-0.05, 0) is 32.9 Å². The Morgan fingerprint density at radius 1 is 1.50 bits per heavy atom. The van der Waals surface area contributed by atoms with Crippen LogP contribution in [0.2, 0.25) is 0 Å². The molecule has 0 aliphatic rings. The summed E-state index contributed by atoms with van der Waals surface area (Å²) in [4.78, 5) is 21.2. The fourth-order valence-corrected chi connectivity index (χ4v) is 1.81. The van der Waals surface area contributed by atoms with Crippen molar-refractivity contribution in [3.8, 4) is 0 Å². The summed E-state index contributed by atoms with van der Waals surface area (Å²) in [6.07, 6.45) is 0.184. The molecule has 0 atom stereocenters. The van der Waals surface area contributed by atoms with E-state index in [4.69, 9.17) is 5.73 Å². The summed E-state index contributed by atoms with van der Waals surface area (Å²) in [5, 5.41) is 13.8. The van der Waals surface area contributed by atoms with Gasteiger partial charge in [0.1, 0.15) is 0 Å². The molecule has 0 saturated heterocycles. The molecule has 3 N–H and O–H groups in total. The number of anilines is 1. The molecule has 0 fully saturated rings. The fourth-order valence-electron chi connectivity index (χ4n) is 1.81. The maximum atomic E-state index is 10.9. The van der Waals surface area contributed by atoms with Gasteiger partial charge in [-0.3, -0.25) is 14.9 Å². The van der Waals surface area contributed by atoms with Crippen LogP contribution >= 0.6 is 0 Å². The monoisotopic (exact) mass is 251 g/mol. The first-order valence-corrected chi connectivity index (χ1v) is 5.53. The third-order valence-corrected chi connectivity index (χ3v) is 2.49. The van der Waals surface area contributed by atoms with Crippen LogP contribution in [0, 0.1) is 17.0 Å². The number of carbonyl (C=O) groups is 1. The molecule has 0 aliphatic heterocycles. The Labute approximate surface area is 105 Å². The lowest BCUT2D eigenvalue weighted by atomic mass is 9.99. The minimum Gasteiger partial charge on any atom is -0.380 e. The van der Waals surface area contributed by atoms with Crippen LogP contribution in [-0.2, 0) is 4.79 Å². The predicted octanol–water partition coefficient (Wildman–Crippen LogP) is 1.97. The Bertz CT molecular complexity index is 483. The van der Waals surface area contributed by atoms with Crippen molar-refractivity contribution in [3.63, 3.8) is 0 Å². The standard InChI is InChI=1S/C12H17N3O3/c1-8-6-9(4-5-10(8)15(17)18)14-12(2,3)7-11(13)16/h4-6,14H,7H2,1-3H3,(H2,13,16). The van der Waals surface area contributed by atoms with Crippen molar-refractivity contribution in [2.75, 3.05) is 5.32 Å². The largest absolute Gasteiger partial charge is 0.380 e. The molecule has 0 saturated carbocycles. The summed E-state index contributed by atoms with van der Waals surface area (Å²) < 4.78 is 0. The first-order valence-electron chi connectivity index (χ1n) is 5.53. The Hall–Kier alpha value is -2.11. The quantitative estimate of drug-likeness (QED) is 0.617. The zero-order valence-electron chi connectivity index (χ0n) is 10.7. The summed E-state index contributed by atoms with van der Waals surface area (Å²) in [7, 11) is 0. The molecule has 0 heterocycles. The van der Waals surface area contributed by atoms with Gasteiger partial charge < -0.3 is 11.1 Å². The third kappa shape index (κ3) is 3.73. The summed E-state index contributed by atoms with van der Waals surface area (Å²) >= 11 is 0. The molecule has 0 aliphatic carbocycles. The maximum absolute atomic E-state index is 10.9. The molecule has 0 radical (unpaired) electrons. The molecule has 0 spiro atoms. The molecule has 1 rings (SSSR count). The van der Waals surface area contributed by atoms with E-state index in [2.05, 4.69) is 5.32 Å². The van der Waals surface area contributed by atoms with Gasteiger partial charge in [0.25, 0.3) is 5.69 Å². The lowest BCUT2D eigenvalue weighted by Gasteiger charge is -2.26. The number of rotatable bonds is 5. The van der Waals surface area contributed by atoms with Crippen LogP contribution in [0.25, 0.3) is 0 Å². The van der Waals surface area contributed by atoms with E-state index in [0.29, 0.717) is 5.56 Å². The van der Waals surface area contributed by atoms with Crippen molar-refractivity contribution in [3.05, 3.63) is 33.9 Å². The second kappa shape index (κ2) is 5.03. The van der Waals surface area contributed by atoms with E-state index >= 15 is 0 Å². The number of carbonyl (C=O) groups excluding carboxylic acids is 1. The molecule has 6 nitrogen and oxygen atoms in total. The lowest BCUT2D eigenvalue weighted by Crippen LogP contribution is -2.35. The number of nitrogens with zero attached hydrogens (tertiary/aromatic N) is 1. The third-order valence-electron chi connectivity index (χ3n) is 2.49. The molecular weight excluding hydrogens is 234 g/mol. The minimum atomic E-state index is -0.492. The van der Waals surface area contributed by atoms with Gasteiger partial charge in [0.2, 0.25) is 5.91 Å². The molecule has 1 aromatic carbocycles. The topological polar surface area (TPSA) is 98.3 Å². The minimum absolute atomic E-state index is 0.0771. The van der Waals surface area contributed by atoms with Crippen molar-refractivity contribution < 1.29 is 9.72 Å². The van der Waals surface area contributed by atoms with E-state index in [-0.39, 0.29) is 12.1 Å². The maximum Gasteiger partial charge on any atom is 0.272 e. The molecule has 98 valence electrons. The number of primary amides is 1. The molecular formula is C12H17N3O3. The van der Waals surface area contributed by atoms with Crippen LogP contribution in [0.15, 0.2) is 18.2 Å². The molecule has 6 heteroatoms. The molecule has 1 amide bonds. The van der Waals surface area contributed by atoms with Crippen molar-refractivity contribution in [1.82, 2.24) is 0 Å². The molecule has 18 heavy (non-hydrogen) atoms. The van der Waals surface area contributed by atoms with Crippen molar-refractivity contribution in [1.29, 1.82) is 0 Å². The average molecular weight is 251 g/mol. The highest BCUT2D eigenvalue weighted by Gasteiger charge is 2.21. The fraction of sp³-hybridized carbons (Fsp3) is 0.417. The number of hydrogen-bond acceptors (Lipinski definition) is 4. The summed E-state index contributed by atoms with van der Waals surface area (Å²) in [6, 6.07) is 4.74. The number of benzene rings is 1. The number of nitrogens with one attached hydrogen (secondary N) is 1. The number of aryl methyl sites for hydroxylation is 1. The molecule has 0 bridgehead atoms. The summed E-state index contributed by atoms with van der Waals surface area (Å²) in [6.45, 7) is 5.35. The van der Waals surface area contributed by atoms with E-state index in [9.17, 15) is 14.9 Å². The van der Waals surface area contributed by atoms with E-state index in [1.54, 1.807) is 19.1 Å². The van der Waals surface area contributed by atoms with E-state index < -0.39 is 16.4 Å². The van der Waals surface area contributed by atoms with Crippen molar-refractivity contribution in [2.24, 2.45) is 5.73 Å². The van der Waals surface area contributed by atoms with E-state index in [0.717, 1.165) is 5.69 Å². The van der Waals surface area contributed by atoms with Gasteiger partial charge in [0.05, 0.1) is 4.92 Å². The van der Waals surface area contributed by atoms with Crippen molar-refractivity contribution in [2.45, 2.75) is 32.7 Å². The summed E-state index contributed by atoms with van der Waals surface area (Å²) in [5.41, 5.74) is 6.04. The second-order valence-electron chi connectivity index (χ2n) is 4.91. The molecule has 0 unspecified atom stereocenters. The number of nitro groups is 1. The van der Waals surface area contributed by atoms with Crippen LogP contribution in [0.4, 0.5) is 11.4 Å². The van der Waals surface area contributed by atoms with Gasteiger partial charge in [-0.1, -0.05) is 0 Å². The predicted molar refractivity (Wildman–Crippen MR) is 69.3 cm³/mol. The SMILES string of the molecule is Cc1cc(NC(C)(C)CC(N)=O)ccc1[N+](=O)[O-]. The first-order chi connectivity index (χ1) is 8.21. The smallest absolute Gasteiger partial charge is 0.272 e. The highest BCUT2D eigenvalue weighted by atomic mass is 16.6. The highest BCUT2D eigenvalue weighted by molar-refractivity contribution is 5.75. The van der Waals surface area contributed by atoms with E-state index in [1.165, 1.54) is 6.07 Å². The Balaban J connectivity index is 2.89. The van der Waals surface area contributed by atoms with Gasteiger partial charge >= 0.3 is 0 Å². The van der Waals surface area contributed by atoms with Gasteiger partial charge in [-0.25, -0.2) is 0 Å². The zero-order valence-corrected chi connectivity index (χ0v) is 10.7. The second-order valence-corrected chi connectivity index (χ2v) is 4.91. The number of nitrogens with two attached hydrogens (primary N) is 1. The van der Waals surface area contributed by atoms with Gasteiger partial charge in [-0.15, -0.1) is 0 Å². The van der Waals surface area contributed by atoms with E-state index in [1.807, 2.05) is 13.8 Å². The lowest BCUT2D eigenvalue weighted by molar-refractivity contribution is -0.385. The first kappa shape index (κ1) is 14.0. The Kier molecular flexibility index (Phi) is 3.90. The van der Waals surface area contributed by atoms with Gasteiger partial charge in [0.15, 0.2) is 0 Å².